The summed E-state index contributed by atoms with van der Waals surface area (Å²) in [6.07, 6.45) is 0.232. The van der Waals surface area contributed by atoms with E-state index >= 15 is 0 Å². The van der Waals surface area contributed by atoms with Crippen molar-refractivity contribution in [3.05, 3.63) is 70.1 Å². The number of aryl methyl sites for hydroxylation is 2. The molecule has 0 fully saturated rings. The molecule has 1 aromatic heterocycles. The Kier molecular flexibility index (Phi) is 3.60. The first kappa shape index (κ1) is 13.3. The Balaban J connectivity index is 1.89. The second-order valence-corrected chi connectivity index (χ2v) is 6.24. The lowest BCUT2D eigenvalue weighted by atomic mass is 9.98. The van der Waals surface area contributed by atoms with Crippen LogP contribution < -0.4 is 0 Å². The van der Waals surface area contributed by atoms with Gasteiger partial charge in [-0.25, -0.2) is 0 Å². The molecular weight excluding hydrogens is 264 g/mol. The van der Waals surface area contributed by atoms with Gasteiger partial charge < -0.3 is 5.11 Å². The Morgan fingerprint density at radius 2 is 1.85 bits per heavy atom. The van der Waals surface area contributed by atoms with E-state index in [-0.39, 0.29) is 0 Å². The highest BCUT2D eigenvalue weighted by atomic mass is 32.1. The highest BCUT2D eigenvalue weighted by Crippen LogP contribution is 2.31. The van der Waals surface area contributed by atoms with E-state index in [9.17, 15) is 5.11 Å². The fraction of sp³-hybridized carbons (Fsp3) is 0.222. The second-order valence-electron chi connectivity index (χ2n) is 5.33. The molecule has 0 aliphatic heterocycles. The molecule has 3 aromatic rings. The average molecular weight is 282 g/mol. The van der Waals surface area contributed by atoms with Crippen LogP contribution in [0.15, 0.2) is 47.8 Å². The summed E-state index contributed by atoms with van der Waals surface area (Å²) in [4.78, 5) is 0. The van der Waals surface area contributed by atoms with Crippen molar-refractivity contribution in [3.63, 3.8) is 0 Å². The van der Waals surface area contributed by atoms with Crippen LogP contribution in [-0.2, 0) is 6.42 Å². The van der Waals surface area contributed by atoms with Crippen molar-refractivity contribution in [2.24, 2.45) is 0 Å². The predicted molar refractivity (Wildman–Crippen MR) is 86.4 cm³/mol. The molecule has 0 saturated heterocycles. The van der Waals surface area contributed by atoms with Crippen LogP contribution in [0.25, 0.3) is 10.1 Å². The van der Waals surface area contributed by atoms with Crippen molar-refractivity contribution in [3.8, 4) is 0 Å². The largest absolute Gasteiger partial charge is 0.388 e. The van der Waals surface area contributed by atoms with E-state index in [1.807, 2.05) is 12.1 Å². The van der Waals surface area contributed by atoms with Gasteiger partial charge in [-0.2, -0.15) is 0 Å². The Bertz CT molecular complexity index is 742. The number of benzene rings is 2. The number of hydrogen-bond acceptors (Lipinski definition) is 2. The zero-order valence-corrected chi connectivity index (χ0v) is 12.6. The summed E-state index contributed by atoms with van der Waals surface area (Å²) in [5, 5.41) is 13.8. The first-order valence-corrected chi connectivity index (χ1v) is 7.73. The Labute approximate surface area is 123 Å². The standard InChI is InChI=1S/C18H18OS/c1-12-7-8-14(9-13(12)2)10-17(19)16-11-20-18-6-4-3-5-15(16)18/h3-9,11,17,19H,10H2,1-2H3. The fourth-order valence-electron chi connectivity index (χ4n) is 2.52. The Hall–Kier alpha value is -1.64. The first-order chi connectivity index (χ1) is 9.65. The quantitative estimate of drug-likeness (QED) is 0.732. The molecule has 1 N–H and O–H groups in total. The van der Waals surface area contributed by atoms with Crippen molar-refractivity contribution in [2.75, 3.05) is 0 Å². The molecule has 2 heteroatoms. The maximum atomic E-state index is 10.5. The van der Waals surface area contributed by atoms with Crippen LogP contribution >= 0.6 is 11.3 Å². The highest BCUT2D eigenvalue weighted by Gasteiger charge is 2.13. The predicted octanol–water partition coefficient (Wildman–Crippen LogP) is 4.79. The number of aliphatic hydroxyl groups is 1. The van der Waals surface area contributed by atoms with Gasteiger partial charge in [-0.3, -0.25) is 0 Å². The van der Waals surface area contributed by atoms with Gasteiger partial charge in [0.05, 0.1) is 6.10 Å². The van der Waals surface area contributed by atoms with E-state index < -0.39 is 6.10 Å². The number of rotatable bonds is 3. The van der Waals surface area contributed by atoms with Crippen LogP contribution in [0.1, 0.15) is 28.4 Å². The zero-order chi connectivity index (χ0) is 14.1. The van der Waals surface area contributed by atoms with E-state index in [1.165, 1.54) is 26.8 Å². The van der Waals surface area contributed by atoms with Crippen LogP contribution in [0, 0.1) is 13.8 Å². The number of thiophene rings is 1. The first-order valence-electron chi connectivity index (χ1n) is 6.85. The summed E-state index contributed by atoms with van der Waals surface area (Å²) < 4.78 is 1.24. The van der Waals surface area contributed by atoms with Crippen LogP contribution in [0.3, 0.4) is 0 Å². The number of hydrogen-bond donors (Lipinski definition) is 1. The normalized spacial score (nSPS) is 12.8. The minimum Gasteiger partial charge on any atom is -0.388 e. The molecule has 0 spiro atoms. The maximum absolute atomic E-state index is 10.5. The number of aliphatic hydroxyl groups excluding tert-OH is 1. The molecule has 0 radical (unpaired) electrons. The Morgan fingerprint density at radius 1 is 1.05 bits per heavy atom. The van der Waals surface area contributed by atoms with E-state index in [1.54, 1.807) is 11.3 Å². The molecule has 102 valence electrons. The van der Waals surface area contributed by atoms with Gasteiger partial charge in [0, 0.05) is 11.1 Å². The van der Waals surface area contributed by atoms with Gasteiger partial charge in [-0.1, -0.05) is 36.4 Å². The van der Waals surface area contributed by atoms with Crippen LogP contribution in [0.5, 0.6) is 0 Å². The van der Waals surface area contributed by atoms with Gasteiger partial charge in [-0.05, 0) is 52.9 Å². The molecule has 1 atom stereocenters. The maximum Gasteiger partial charge on any atom is 0.0844 e. The van der Waals surface area contributed by atoms with E-state index in [4.69, 9.17) is 0 Å². The summed E-state index contributed by atoms with van der Waals surface area (Å²) >= 11 is 1.70. The van der Waals surface area contributed by atoms with Gasteiger partial charge in [-0.15, -0.1) is 11.3 Å². The van der Waals surface area contributed by atoms with Gasteiger partial charge in [0.2, 0.25) is 0 Å². The molecule has 2 aromatic carbocycles. The molecule has 0 saturated carbocycles. The van der Waals surface area contributed by atoms with Gasteiger partial charge in [0.15, 0.2) is 0 Å². The van der Waals surface area contributed by atoms with Crippen molar-refractivity contribution >= 4 is 21.4 Å². The third-order valence-corrected chi connectivity index (χ3v) is 4.85. The molecule has 0 aliphatic rings. The van der Waals surface area contributed by atoms with Crippen molar-refractivity contribution in [1.82, 2.24) is 0 Å². The molecule has 0 bridgehead atoms. The monoisotopic (exact) mass is 282 g/mol. The molecule has 0 aliphatic carbocycles. The summed E-state index contributed by atoms with van der Waals surface area (Å²) in [6, 6.07) is 14.7. The molecule has 20 heavy (non-hydrogen) atoms. The van der Waals surface area contributed by atoms with E-state index in [2.05, 4.69) is 49.6 Å². The molecule has 3 rings (SSSR count). The third-order valence-electron chi connectivity index (χ3n) is 3.87. The minimum atomic E-state index is -0.437. The summed E-state index contributed by atoms with van der Waals surface area (Å²) in [6.45, 7) is 4.23. The molecule has 1 unspecified atom stereocenters. The van der Waals surface area contributed by atoms with Gasteiger partial charge in [0.1, 0.15) is 0 Å². The summed E-state index contributed by atoms with van der Waals surface area (Å²) in [7, 11) is 0. The third kappa shape index (κ3) is 2.49. The fourth-order valence-corrected chi connectivity index (χ4v) is 3.53. The van der Waals surface area contributed by atoms with E-state index in [0.717, 1.165) is 5.56 Å². The zero-order valence-electron chi connectivity index (χ0n) is 11.8. The van der Waals surface area contributed by atoms with Crippen LogP contribution in [0.2, 0.25) is 0 Å². The second kappa shape index (κ2) is 5.39. The van der Waals surface area contributed by atoms with Crippen molar-refractivity contribution < 1.29 is 5.11 Å². The van der Waals surface area contributed by atoms with Crippen molar-refractivity contribution in [2.45, 2.75) is 26.4 Å². The lowest BCUT2D eigenvalue weighted by Crippen LogP contribution is -2.01. The molecule has 1 nitrogen and oxygen atoms in total. The topological polar surface area (TPSA) is 20.2 Å². The summed E-state index contributed by atoms with van der Waals surface area (Å²) in [5.41, 5.74) is 4.81. The number of fused-ring (bicyclic) bond motifs is 1. The lowest BCUT2D eigenvalue weighted by Gasteiger charge is -2.11. The van der Waals surface area contributed by atoms with Crippen molar-refractivity contribution in [1.29, 1.82) is 0 Å². The SMILES string of the molecule is Cc1ccc(CC(O)c2csc3ccccc23)cc1C. The average Bonchev–Trinajstić information content (AvgIpc) is 2.87. The van der Waals surface area contributed by atoms with Gasteiger partial charge in [0.25, 0.3) is 0 Å². The molecular formula is C18H18OS. The Morgan fingerprint density at radius 3 is 2.65 bits per heavy atom. The van der Waals surface area contributed by atoms with Gasteiger partial charge >= 0.3 is 0 Å². The molecule has 1 heterocycles. The lowest BCUT2D eigenvalue weighted by molar-refractivity contribution is 0.180. The van der Waals surface area contributed by atoms with E-state index in [0.29, 0.717) is 6.42 Å². The van der Waals surface area contributed by atoms with Crippen LogP contribution in [-0.4, -0.2) is 5.11 Å². The van der Waals surface area contributed by atoms with Crippen LogP contribution in [0.4, 0.5) is 0 Å². The smallest absolute Gasteiger partial charge is 0.0844 e. The highest BCUT2D eigenvalue weighted by molar-refractivity contribution is 7.17. The molecule has 0 amide bonds. The minimum absolute atomic E-state index is 0.437. The summed E-state index contributed by atoms with van der Waals surface area (Å²) in [5.74, 6) is 0.